The molecule has 1 amide bonds. The Hall–Kier alpha value is -2.25. The van der Waals surface area contributed by atoms with E-state index in [0.29, 0.717) is 5.13 Å². The SMILES string of the molecule is Cc1cc(C)c2nc(NC(=O)Cc3ccc(S(=O)(=O)C(C)C)cc3)sc2c1. The summed E-state index contributed by atoms with van der Waals surface area (Å²) in [5.74, 6) is -0.178. The molecule has 0 atom stereocenters. The number of aromatic nitrogens is 1. The molecule has 142 valence electrons. The standard InChI is InChI=1S/C20H22N2O3S2/c1-12(2)27(24,25)16-7-5-15(6-8-16)11-18(23)21-20-22-19-14(4)9-13(3)10-17(19)26-20/h5-10,12H,11H2,1-4H3,(H,21,22,23). The fraction of sp³-hybridized carbons (Fsp3) is 0.300. The van der Waals surface area contributed by atoms with Gasteiger partial charge in [-0.3, -0.25) is 4.79 Å². The highest BCUT2D eigenvalue weighted by Gasteiger charge is 2.19. The number of nitrogens with one attached hydrogen (secondary N) is 1. The molecule has 0 unspecified atom stereocenters. The van der Waals surface area contributed by atoms with Crippen molar-refractivity contribution in [2.75, 3.05) is 5.32 Å². The van der Waals surface area contributed by atoms with E-state index in [0.717, 1.165) is 26.9 Å². The molecule has 2 aromatic carbocycles. The normalized spacial score (nSPS) is 11.9. The lowest BCUT2D eigenvalue weighted by atomic mass is 10.1. The van der Waals surface area contributed by atoms with Gasteiger partial charge in [0.15, 0.2) is 15.0 Å². The number of nitrogens with zero attached hydrogens (tertiary/aromatic N) is 1. The molecule has 3 rings (SSSR count). The Balaban J connectivity index is 1.72. The summed E-state index contributed by atoms with van der Waals surface area (Å²) >= 11 is 1.45. The Morgan fingerprint density at radius 3 is 2.44 bits per heavy atom. The van der Waals surface area contributed by atoms with Gasteiger partial charge in [0.1, 0.15) is 0 Å². The van der Waals surface area contributed by atoms with Crippen molar-refractivity contribution < 1.29 is 13.2 Å². The van der Waals surface area contributed by atoms with Gasteiger partial charge in [0.05, 0.1) is 26.8 Å². The van der Waals surface area contributed by atoms with Gasteiger partial charge < -0.3 is 5.32 Å². The molecule has 27 heavy (non-hydrogen) atoms. The van der Waals surface area contributed by atoms with Crippen molar-refractivity contribution in [1.82, 2.24) is 4.98 Å². The van der Waals surface area contributed by atoms with Crippen molar-refractivity contribution in [3.63, 3.8) is 0 Å². The Kier molecular flexibility index (Phi) is 5.35. The number of hydrogen-bond acceptors (Lipinski definition) is 5. The van der Waals surface area contributed by atoms with Gasteiger partial charge in [0.25, 0.3) is 0 Å². The lowest BCUT2D eigenvalue weighted by molar-refractivity contribution is -0.115. The first kappa shape index (κ1) is 19.5. The van der Waals surface area contributed by atoms with Crippen LogP contribution < -0.4 is 5.32 Å². The first-order chi connectivity index (χ1) is 12.7. The Morgan fingerprint density at radius 2 is 1.81 bits per heavy atom. The molecule has 0 aliphatic carbocycles. The zero-order valence-electron chi connectivity index (χ0n) is 15.7. The van der Waals surface area contributed by atoms with Gasteiger partial charge in [-0.15, -0.1) is 0 Å². The van der Waals surface area contributed by atoms with Crippen molar-refractivity contribution in [3.8, 4) is 0 Å². The van der Waals surface area contributed by atoms with E-state index < -0.39 is 15.1 Å². The van der Waals surface area contributed by atoms with E-state index in [-0.39, 0.29) is 17.2 Å². The van der Waals surface area contributed by atoms with Crippen LogP contribution in [0.5, 0.6) is 0 Å². The summed E-state index contributed by atoms with van der Waals surface area (Å²) < 4.78 is 25.4. The van der Waals surface area contributed by atoms with Crippen LogP contribution in [0.2, 0.25) is 0 Å². The molecule has 0 fully saturated rings. The van der Waals surface area contributed by atoms with Gasteiger partial charge >= 0.3 is 0 Å². The molecular formula is C20H22N2O3S2. The number of fused-ring (bicyclic) bond motifs is 1. The number of hydrogen-bond donors (Lipinski definition) is 1. The molecule has 0 aliphatic heterocycles. The predicted molar refractivity (Wildman–Crippen MR) is 110 cm³/mol. The molecule has 0 saturated heterocycles. The van der Waals surface area contributed by atoms with Crippen LogP contribution >= 0.6 is 11.3 Å². The fourth-order valence-electron chi connectivity index (χ4n) is 2.84. The summed E-state index contributed by atoms with van der Waals surface area (Å²) in [6.07, 6.45) is 0.163. The van der Waals surface area contributed by atoms with Crippen LogP contribution in [-0.2, 0) is 21.1 Å². The van der Waals surface area contributed by atoms with Gasteiger partial charge in [-0.25, -0.2) is 13.4 Å². The molecule has 0 radical (unpaired) electrons. The molecule has 3 aromatic rings. The second kappa shape index (κ2) is 7.40. The largest absolute Gasteiger partial charge is 0.302 e. The van der Waals surface area contributed by atoms with Crippen molar-refractivity contribution in [2.45, 2.75) is 44.3 Å². The molecule has 7 heteroatoms. The van der Waals surface area contributed by atoms with E-state index in [1.807, 2.05) is 13.8 Å². The number of anilines is 1. The molecule has 1 N–H and O–H groups in total. The van der Waals surface area contributed by atoms with E-state index >= 15 is 0 Å². The van der Waals surface area contributed by atoms with Crippen molar-refractivity contribution >= 4 is 42.4 Å². The molecule has 0 bridgehead atoms. The molecule has 5 nitrogen and oxygen atoms in total. The van der Waals surface area contributed by atoms with Crippen LogP contribution in [0.25, 0.3) is 10.2 Å². The Bertz CT molecular complexity index is 1100. The molecule has 0 spiro atoms. The zero-order valence-corrected chi connectivity index (χ0v) is 17.4. The van der Waals surface area contributed by atoms with Gasteiger partial charge in [0, 0.05) is 0 Å². The Morgan fingerprint density at radius 1 is 1.15 bits per heavy atom. The van der Waals surface area contributed by atoms with E-state index in [1.54, 1.807) is 38.1 Å². The zero-order chi connectivity index (χ0) is 19.8. The first-order valence-electron chi connectivity index (χ1n) is 8.67. The van der Waals surface area contributed by atoms with Gasteiger partial charge in [-0.2, -0.15) is 0 Å². The maximum atomic E-state index is 12.3. The maximum Gasteiger partial charge on any atom is 0.230 e. The number of aryl methyl sites for hydroxylation is 2. The average molecular weight is 403 g/mol. The van der Waals surface area contributed by atoms with Crippen LogP contribution in [0.3, 0.4) is 0 Å². The minimum atomic E-state index is -3.30. The number of rotatable bonds is 5. The Labute approximate surface area is 163 Å². The minimum Gasteiger partial charge on any atom is -0.302 e. The number of benzene rings is 2. The van der Waals surface area contributed by atoms with Crippen LogP contribution in [0.15, 0.2) is 41.3 Å². The molecule has 1 heterocycles. The quantitative estimate of drug-likeness (QED) is 0.691. The van der Waals surface area contributed by atoms with E-state index in [9.17, 15) is 13.2 Å². The second-order valence-electron chi connectivity index (χ2n) is 6.91. The molecule has 0 aliphatic rings. The predicted octanol–water partition coefficient (Wildman–Crippen LogP) is 4.28. The highest BCUT2D eigenvalue weighted by atomic mass is 32.2. The topological polar surface area (TPSA) is 76.1 Å². The van der Waals surface area contributed by atoms with Crippen LogP contribution in [0, 0.1) is 13.8 Å². The van der Waals surface area contributed by atoms with E-state index in [4.69, 9.17) is 0 Å². The van der Waals surface area contributed by atoms with Crippen molar-refractivity contribution in [3.05, 3.63) is 53.1 Å². The highest BCUT2D eigenvalue weighted by molar-refractivity contribution is 7.92. The van der Waals surface area contributed by atoms with Crippen LogP contribution in [-0.4, -0.2) is 24.6 Å². The molecule has 1 aromatic heterocycles. The number of carbonyl (C=O) groups is 1. The molecule has 0 saturated carbocycles. The number of amides is 1. The van der Waals surface area contributed by atoms with E-state index in [1.165, 1.54) is 11.3 Å². The average Bonchev–Trinajstić information content (AvgIpc) is 2.97. The lowest BCUT2D eigenvalue weighted by Gasteiger charge is -2.08. The summed E-state index contributed by atoms with van der Waals surface area (Å²) in [6.45, 7) is 7.34. The summed E-state index contributed by atoms with van der Waals surface area (Å²) in [7, 11) is -3.30. The number of thiazole rings is 1. The van der Waals surface area contributed by atoms with Crippen molar-refractivity contribution in [1.29, 1.82) is 0 Å². The lowest BCUT2D eigenvalue weighted by Crippen LogP contribution is -2.15. The number of carbonyl (C=O) groups excluding carboxylic acids is 1. The fourth-order valence-corrected chi connectivity index (χ4v) is 4.96. The highest BCUT2D eigenvalue weighted by Crippen LogP contribution is 2.29. The van der Waals surface area contributed by atoms with Crippen LogP contribution in [0.1, 0.15) is 30.5 Å². The van der Waals surface area contributed by atoms with Crippen LogP contribution in [0.4, 0.5) is 5.13 Å². The smallest absolute Gasteiger partial charge is 0.230 e. The van der Waals surface area contributed by atoms with Crippen molar-refractivity contribution in [2.24, 2.45) is 0 Å². The third-order valence-corrected chi connectivity index (χ3v) is 7.40. The van der Waals surface area contributed by atoms with Gasteiger partial charge in [-0.05, 0) is 62.6 Å². The summed E-state index contributed by atoms with van der Waals surface area (Å²) in [5, 5.41) is 2.94. The number of sulfone groups is 1. The van der Waals surface area contributed by atoms with Gasteiger partial charge in [-0.1, -0.05) is 29.5 Å². The van der Waals surface area contributed by atoms with E-state index in [2.05, 4.69) is 22.4 Å². The summed E-state index contributed by atoms with van der Waals surface area (Å²) in [6, 6.07) is 10.6. The molecular weight excluding hydrogens is 380 g/mol. The third-order valence-electron chi connectivity index (χ3n) is 4.31. The maximum absolute atomic E-state index is 12.3. The van der Waals surface area contributed by atoms with Gasteiger partial charge in [0.2, 0.25) is 5.91 Å². The first-order valence-corrected chi connectivity index (χ1v) is 11.0. The second-order valence-corrected chi connectivity index (χ2v) is 10.4. The monoisotopic (exact) mass is 402 g/mol. The summed E-state index contributed by atoms with van der Waals surface area (Å²) in [4.78, 5) is 17.1. The summed E-state index contributed by atoms with van der Waals surface area (Å²) in [5.41, 5.74) is 3.91. The minimum absolute atomic E-state index is 0.163. The third kappa shape index (κ3) is 4.20.